The van der Waals surface area contributed by atoms with E-state index in [1.807, 2.05) is 30.3 Å². The number of rotatable bonds is 9. The van der Waals surface area contributed by atoms with E-state index in [2.05, 4.69) is 24.0 Å². The molecule has 1 aliphatic heterocycles. The molecular weight excluding hydrogens is 350 g/mol. The third-order valence-electron chi connectivity index (χ3n) is 5.36. The topological polar surface area (TPSA) is 38.8 Å². The molecule has 1 fully saturated rings. The molecule has 3 rings (SSSR count). The van der Waals surface area contributed by atoms with E-state index in [0.717, 1.165) is 25.1 Å². The van der Waals surface area contributed by atoms with Crippen LogP contribution in [0.15, 0.2) is 54.6 Å². The van der Waals surface area contributed by atoms with Gasteiger partial charge in [0.1, 0.15) is 5.75 Å². The van der Waals surface area contributed by atoms with Crippen molar-refractivity contribution >= 4 is 5.97 Å². The van der Waals surface area contributed by atoms with E-state index in [1.165, 1.54) is 31.4 Å². The number of piperidine rings is 1. The SMILES string of the molecule is C[C@H]1CCCCN1CCCOC(=O)c1ccc(OCCc2ccccc2)cc1. The van der Waals surface area contributed by atoms with Gasteiger partial charge in [-0.05, 0) is 62.6 Å². The third kappa shape index (κ3) is 6.38. The molecular formula is C24H31NO3. The Bertz CT molecular complexity index is 714. The highest BCUT2D eigenvalue weighted by Gasteiger charge is 2.17. The number of hydrogen-bond acceptors (Lipinski definition) is 4. The fraction of sp³-hybridized carbons (Fsp3) is 0.458. The zero-order valence-electron chi connectivity index (χ0n) is 16.8. The Kier molecular flexibility index (Phi) is 7.92. The molecule has 1 aliphatic rings. The number of nitrogens with zero attached hydrogens (tertiary/aromatic N) is 1. The number of carbonyl (C=O) groups excluding carboxylic acids is 1. The fourth-order valence-corrected chi connectivity index (χ4v) is 3.62. The average molecular weight is 382 g/mol. The molecule has 1 atom stereocenters. The molecule has 150 valence electrons. The van der Waals surface area contributed by atoms with E-state index in [9.17, 15) is 4.79 Å². The van der Waals surface area contributed by atoms with E-state index in [1.54, 1.807) is 12.1 Å². The molecule has 0 saturated carbocycles. The van der Waals surface area contributed by atoms with Crippen molar-refractivity contribution in [1.82, 2.24) is 4.90 Å². The predicted octanol–water partition coefficient (Wildman–Crippen LogP) is 4.73. The van der Waals surface area contributed by atoms with Gasteiger partial charge in [0.05, 0.1) is 18.8 Å². The lowest BCUT2D eigenvalue weighted by molar-refractivity contribution is 0.0475. The quantitative estimate of drug-likeness (QED) is 0.465. The monoisotopic (exact) mass is 381 g/mol. The van der Waals surface area contributed by atoms with Crippen molar-refractivity contribution in [2.75, 3.05) is 26.3 Å². The van der Waals surface area contributed by atoms with Crippen LogP contribution in [0, 0.1) is 0 Å². The third-order valence-corrected chi connectivity index (χ3v) is 5.36. The first kappa shape index (κ1) is 20.4. The van der Waals surface area contributed by atoms with Crippen molar-refractivity contribution in [3.63, 3.8) is 0 Å². The highest BCUT2D eigenvalue weighted by atomic mass is 16.5. The number of esters is 1. The summed E-state index contributed by atoms with van der Waals surface area (Å²) in [7, 11) is 0. The molecule has 4 heteroatoms. The minimum absolute atomic E-state index is 0.262. The standard InChI is InChI=1S/C24H31NO3/c1-20-8-5-6-16-25(20)17-7-18-28-24(26)22-11-13-23(14-12-22)27-19-15-21-9-3-2-4-10-21/h2-4,9-14,20H,5-8,15-19H2,1H3/t20-/m0/s1. The van der Waals surface area contributed by atoms with E-state index < -0.39 is 0 Å². The number of likely N-dealkylation sites (tertiary alicyclic amines) is 1. The van der Waals surface area contributed by atoms with Gasteiger partial charge in [-0.25, -0.2) is 4.79 Å². The largest absolute Gasteiger partial charge is 0.493 e. The lowest BCUT2D eigenvalue weighted by Crippen LogP contribution is -2.38. The van der Waals surface area contributed by atoms with Crippen LogP contribution < -0.4 is 4.74 Å². The summed E-state index contributed by atoms with van der Waals surface area (Å²) in [6.07, 6.45) is 5.64. The highest BCUT2D eigenvalue weighted by molar-refractivity contribution is 5.89. The molecule has 0 radical (unpaired) electrons. The number of benzene rings is 2. The van der Waals surface area contributed by atoms with Gasteiger partial charge in [0, 0.05) is 19.0 Å². The van der Waals surface area contributed by atoms with Crippen LogP contribution >= 0.6 is 0 Å². The van der Waals surface area contributed by atoms with E-state index >= 15 is 0 Å². The Morgan fingerprint density at radius 1 is 1.04 bits per heavy atom. The number of carbonyl (C=O) groups is 1. The van der Waals surface area contributed by atoms with Crippen molar-refractivity contribution < 1.29 is 14.3 Å². The van der Waals surface area contributed by atoms with Crippen LogP contribution in [-0.4, -0.2) is 43.2 Å². The van der Waals surface area contributed by atoms with Gasteiger partial charge >= 0.3 is 5.97 Å². The molecule has 1 saturated heterocycles. The van der Waals surface area contributed by atoms with Gasteiger partial charge in [0.2, 0.25) is 0 Å². The van der Waals surface area contributed by atoms with Crippen LogP contribution in [0.1, 0.15) is 48.5 Å². The second-order valence-corrected chi connectivity index (χ2v) is 7.48. The van der Waals surface area contributed by atoms with Crippen molar-refractivity contribution in [2.45, 2.75) is 45.1 Å². The molecule has 0 aromatic heterocycles. The zero-order chi connectivity index (χ0) is 19.6. The van der Waals surface area contributed by atoms with Crippen LogP contribution in [-0.2, 0) is 11.2 Å². The van der Waals surface area contributed by atoms with Crippen LogP contribution in [0.4, 0.5) is 0 Å². The highest BCUT2D eigenvalue weighted by Crippen LogP contribution is 2.17. The van der Waals surface area contributed by atoms with Crippen LogP contribution in [0.25, 0.3) is 0 Å². The van der Waals surface area contributed by atoms with Crippen LogP contribution in [0.3, 0.4) is 0 Å². The molecule has 0 unspecified atom stereocenters. The van der Waals surface area contributed by atoms with Gasteiger partial charge in [-0.3, -0.25) is 0 Å². The molecule has 0 aliphatic carbocycles. The van der Waals surface area contributed by atoms with Crippen molar-refractivity contribution in [2.24, 2.45) is 0 Å². The Morgan fingerprint density at radius 3 is 2.57 bits per heavy atom. The molecule has 4 nitrogen and oxygen atoms in total. The second-order valence-electron chi connectivity index (χ2n) is 7.48. The minimum Gasteiger partial charge on any atom is -0.493 e. The van der Waals surface area contributed by atoms with Crippen molar-refractivity contribution in [1.29, 1.82) is 0 Å². The Balaban J connectivity index is 1.35. The van der Waals surface area contributed by atoms with E-state index in [-0.39, 0.29) is 5.97 Å². The smallest absolute Gasteiger partial charge is 0.338 e. The summed E-state index contributed by atoms with van der Waals surface area (Å²) in [6.45, 7) is 5.54. The van der Waals surface area contributed by atoms with Gasteiger partial charge in [-0.15, -0.1) is 0 Å². The van der Waals surface area contributed by atoms with Gasteiger partial charge in [-0.1, -0.05) is 36.8 Å². The van der Waals surface area contributed by atoms with Crippen molar-refractivity contribution in [3.05, 3.63) is 65.7 Å². The summed E-state index contributed by atoms with van der Waals surface area (Å²) < 4.78 is 11.2. The summed E-state index contributed by atoms with van der Waals surface area (Å²) >= 11 is 0. The summed E-state index contributed by atoms with van der Waals surface area (Å²) in [6, 6.07) is 18.1. The zero-order valence-corrected chi connectivity index (χ0v) is 16.8. The van der Waals surface area contributed by atoms with Gasteiger partial charge in [0.15, 0.2) is 0 Å². The minimum atomic E-state index is -0.262. The van der Waals surface area contributed by atoms with Crippen LogP contribution in [0.5, 0.6) is 5.75 Å². The maximum atomic E-state index is 12.2. The molecule has 28 heavy (non-hydrogen) atoms. The lowest BCUT2D eigenvalue weighted by atomic mass is 10.0. The first-order chi connectivity index (χ1) is 13.7. The first-order valence-corrected chi connectivity index (χ1v) is 10.4. The molecule has 0 bridgehead atoms. The summed E-state index contributed by atoms with van der Waals surface area (Å²) in [5.41, 5.74) is 1.82. The second kappa shape index (κ2) is 10.9. The maximum absolute atomic E-state index is 12.2. The summed E-state index contributed by atoms with van der Waals surface area (Å²) in [5.74, 6) is 0.508. The Hall–Kier alpha value is -2.33. The van der Waals surface area contributed by atoms with E-state index in [0.29, 0.717) is 24.8 Å². The fourth-order valence-electron chi connectivity index (χ4n) is 3.62. The lowest BCUT2D eigenvalue weighted by Gasteiger charge is -2.33. The Labute approximate surface area is 168 Å². The predicted molar refractivity (Wildman–Crippen MR) is 112 cm³/mol. The molecule has 2 aromatic carbocycles. The molecule has 0 N–H and O–H groups in total. The maximum Gasteiger partial charge on any atom is 0.338 e. The number of ether oxygens (including phenoxy) is 2. The summed E-state index contributed by atoms with van der Waals surface area (Å²) in [5, 5.41) is 0. The summed E-state index contributed by atoms with van der Waals surface area (Å²) in [4.78, 5) is 14.7. The molecule has 0 amide bonds. The first-order valence-electron chi connectivity index (χ1n) is 10.4. The Morgan fingerprint density at radius 2 is 1.82 bits per heavy atom. The normalized spacial score (nSPS) is 17.2. The molecule has 0 spiro atoms. The van der Waals surface area contributed by atoms with E-state index in [4.69, 9.17) is 9.47 Å². The van der Waals surface area contributed by atoms with Crippen molar-refractivity contribution in [3.8, 4) is 5.75 Å². The average Bonchev–Trinajstić information content (AvgIpc) is 2.73. The number of hydrogen-bond donors (Lipinski definition) is 0. The van der Waals surface area contributed by atoms with Crippen LogP contribution in [0.2, 0.25) is 0 Å². The van der Waals surface area contributed by atoms with Gasteiger partial charge < -0.3 is 14.4 Å². The molecule has 1 heterocycles. The van der Waals surface area contributed by atoms with Gasteiger partial charge in [-0.2, -0.15) is 0 Å². The molecule has 2 aromatic rings. The van der Waals surface area contributed by atoms with Gasteiger partial charge in [0.25, 0.3) is 0 Å².